The van der Waals surface area contributed by atoms with Crippen LogP contribution in [0.15, 0.2) is 42.5 Å². The molecule has 5 nitrogen and oxygen atoms in total. The number of unbranched alkanes of at least 4 members (excludes halogenated alkanes) is 3. The Labute approximate surface area is 199 Å². The maximum absolute atomic E-state index is 9.73. The van der Waals surface area contributed by atoms with Gasteiger partial charge in [-0.1, -0.05) is 38.0 Å². The lowest BCUT2D eigenvalue weighted by Crippen LogP contribution is -2.32. The molecular weight excluding hydrogens is 412 g/mol. The number of hydrogen-bond acceptors (Lipinski definition) is 5. The Kier molecular flexibility index (Phi) is 10.4. The Morgan fingerprint density at radius 2 is 1.73 bits per heavy atom. The standard InChI is InChI=1S/C28H42N2O3/c1-2-15-29(19-14-23-12-13-27(32)28(33)22-23)16-5-3-4-6-17-30-18-8-10-25(30)20-24-9-7-11-26(31)21-24/h7,9,11-13,21-22,25,31-33H,2-6,8,10,14-20H2,1H3/t25-/m1/s1. The number of benzene rings is 2. The summed E-state index contributed by atoms with van der Waals surface area (Å²) in [6, 6.07) is 13.5. The Morgan fingerprint density at radius 3 is 2.52 bits per heavy atom. The van der Waals surface area contributed by atoms with Crippen LogP contribution in [0.25, 0.3) is 0 Å². The quantitative estimate of drug-likeness (QED) is 0.266. The van der Waals surface area contributed by atoms with Gasteiger partial charge >= 0.3 is 0 Å². The molecule has 1 saturated heterocycles. The molecule has 182 valence electrons. The fraction of sp³-hybridized carbons (Fsp3) is 0.571. The molecule has 0 radical (unpaired) electrons. The molecule has 1 heterocycles. The first-order chi connectivity index (χ1) is 16.0. The van der Waals surface area contributed by atoms with Crippen molar-refractivity contribution in [3.8, 4) is 17.2 Å². The van der Waals surface area contributed by atoms with Gasteiger partial charge in [0.15, 0.2) is 11.5 Å². The molecule has 33 heavy (non-hydrogen) atoms. The van der Waals surface area contributed by atoms with E-state index in [-0.39, 0.29) is 11.5 Å². The van der Waals surface area contributed by atoms with Crippen LogP contribution in [0.5, 0.6) is 17.2 Å². The first-order valence-corrected chi connectivity index (χ1v) is 12.8. The van der Waals surface area contributed by atoms with Gasteiger partial charge in [-0.05, 0) is 107 Å². The van der Waals surface area contributed by atoms with E-state index < -0.39 is 0 Å². The van der Waals surface area contributed by atoms with Crippen LogP contribution >= 0.6 is 0 Å². The van der Waals surface area contributed by atoms with Crippen LogP contribution in [0.4, 0.5) is 0 Å². The van der Waals surface area contributed by atoms with Gasteiger partial charge in [-0.25, -0.2) is 0 Å². The van der Waals surface area contributed by atoms with Gasteiger partial charge in [0.05, 0.1) is 0 Å². The van der Waals surface area contributed by atoms with E-state index in [0.29, 0.717) is 11.8 Å². The molecule has 0 aliphatic carbocycles. The third-order valence-electron chi connectivity index (χ3n) is 6.85. The summed E-state index contributed by atoms with van der Waals surface area (Å²) in [4.78, 5) is 5.18. The SMILES string of the molecule is CCCN(CCCCCCN1CCC[C@@H]1Cc1cccc(O)c1)CCc1ccc(O)c(O)c1. The molecule has 3 rings (SSSR count). The maximum Gasteiger partial charge on any atom is 0.157 e. The zero-order valence-corrected chi connectivity index (χ0v) is 20.3. The molecular formula is C28H42N2O3. The van der Waals surface area contributed by atoms with Gasteiger partial charge in [0.25, 0.3) is 0 Å². The second-order valence-electron chi connectivity index (χ2n) is 9.53. The largest absolute Gasteiger partial charge is 0.508 e. The normalized spacial score (nSPS) is 16.6. The second-order valence-corrected chi connectivity index (χ2v) is 9.53. The zero-order valence-electron chi connectivity index (χ0n) is 20.3. The Hall–Kier alpha value is -2.24. The molecule has 0 aromatic heterocycles. The minimum Gasteiger partial charge on any atom is -0.508 e. The average Bonchev–Trinajstić information content (AvgIpc) is 3.23. The van der Waals surface area contributed by atoms with Crippen molar-refractivity contribution in [2.75, 3.05) is 32.7 Å². The number of hydrogen-bond donors (Lipinski definition) is 3. The highest BCUT2D eigenvalue weighted by Gasteiger charge is 2.24. The van der Waals surface area contributed by atoms with E-state index in [4.69, 9.17) is 0 Å². The highest BCUT2D eigenvalue weighted by atomic mass is 16.3. The van der Waals surface area contributed by atoms with Crippen LogP contribution < -0.4 is 0 Å². The van der Waals surface area contributed by atoms with Crippen molar-refractivity contribution < 1.29 is 15.3 Å². The van der Waals surface area contributed by atoms with Crippen molar-refractivity contribution in [2.24, 2.45) is 0 Å². The van der Waals surface area contributed by atoms with Crippen molar-refractivity contribution >= 4 is 0 Å². The lowest BCUT2D eigenvalue weighted by Gasteiger charge is -2.25. The number of phenolic OH excluding ortho intramolecular Hbond substituents is 3. The van der Waals surface area contributed by atoms with Crippen molar-refractivity contribution in [2.45, 2.75) is 70.8 Å². The summed E-state index contributed by atoms with van der Waals surface area (Å²) in [6.45, 7) is 7.84. The van der Waals surface area contributed by atoms with Gasteiger partial charge in [-0.15, -0.1) is 0 Å². The predicted octanol–water partition coefficient (Wildman–Crippen LogP) is 5.33. The summed E-state index contributed by atoms with van der Waals surface area (Å²) < 4.78 is 0. The van der Waals surface area contributed by atoms with Gasteiger partial charge in [-0.2, -0.15) is 0 Å². The fourth-order valence-corrected chi connectivity index (χ4v) is 5.04. The Bertz CT molecular complexity index is 842. The number of likely N-dealkylation sites (tertiary alicyclic amines) is 1. The summed E-state index contributed by atoms with van der Waals surface area (Å²) in [5.74, 6) is 0.288. The molecule has 0 amide bonds. The fourth-order valence-electron chi connectivity index (χ4n) is 5.04. The van der Waals surface area contributed by atoms with Gasteiger partial charge in [-0.3, -0.25) is 0 Å². The van der Waals surface area contributed by atoms with Crippen LogP contribution in [0.2, 0.25) is 0 Å². The van der Waals surface area contributed by atoms with E-state index in [1.807, 2.05) is 18.2 Å². The molecule has 0 unspecified atom stereocenters. The van der Waals surface area contributed by atoms with Crippen molar-refractivity contribution in [3.63, 3.8) is 0 Å². The summed E-state index contributed by atoms with van der Waals surface area (Å²) in [7, 11) is 0. The molecule has 0 spiro atoms. The van der Waals surface area contributed by atoms with Crippen LogP contribution in [-0.4, -0.2) is 63.9 Å². The number of phenols is 3. The van der Waals surface area contributed by atoms with E-state index in [0.717, 1.165) is 44.5 Å². The molecule has 2 aromatic rings. The third kappa shape index (κ3) is 8.56. The Morgan fingerprint density at radius 1 is 0.879 bits per heavy atom. The van der Waals surface area contributed by atoms with Crippen LogP contribution in [-0.2, 0) is 12.8 Å². The monoisotopic (exact) mass is 454 g/mol. The van der Waals surface area contributed by atoms with E-state index >= 15 is 0 Å². The zero-order chi connectivity index (χ0) is 23.5. The van der Waals surface area contributed by atoms with Crippen molar-refractivity contribution in [1.29, 1.82) is 0 Å². The summed E-state index contributed by atoms with van der Waals surface area (Å²) in [5.41, 5.74) is 2.31. The van der Waals surface area contributed by atoms with E-state index in [1.54, 1.807) is 18.2 Å². The second kappa shape index (κ2) is 13.5. The predicted molar refractivity (Wildman–Crippen MR) is 135 cm³/mol. The first-order valence-electron chi connectivity index (χ1n) is 12.8. The minimum absolute atomic E-state index is 0.0308. The summed E-state index contributed by atoms with van der Waals surface area (Å²) in [5, 5.41) is 28.9. The van der Waals surface area contributed by atoms with Gasteiger partial charge in [0.1, 0.15) is 5.75 Å². The first kappa shape index (κ1) is 25.4. The highest BCUT2D eigenvalue weighted by Crippen LogP contribution is 2.25. The molecule has 0 saturated carbocycles. The molecule has 0 bridgehead atoms. The molecule has 1 aliphatic heterocycles. The van der Waals surface area contributed by atoms with Crippen molar-refractivity contribution in [1.82, 2.24) is 9.80 Å². The van der Waals surface area contributed by atoms with E-state index in [9.17, 15) is 15.3 Å². The Balaban J connectivity index is 1.31. The van der Waals surface area contributed by atoms with E-state index in [2.05, 4.69) is 22.8 Å². The topological polar surface area (TPSA) is 67.2 Å². The van der Waals surface area contributed by atoms with Gasteiger partial charge in [0, 0.05) is 12.6 Å². The number of aromatic hydroxyl groups is 3. The smallest absolute Gasteiger partial charge is 0.157 e. The minimum atomic E-state index is -0.0521. The highest BCUT2D eigenvalue weighted by molar-refractivity contribution is 5.40. The van der Waals surface area contributed by atoms with Crippen LogP contribution in [0.1, 0.15) is 63.0 Å². The summed E-state index contributed by atoms with van der Waals surface area (Å²) in [6.07, 6.45) is 10.7. The lowest BCUT2D eigenvalue weighted by molar-refractivity contribution is 0.242. The third-order valence-corrected chi connectivity index (χ3v) is 6.85. The molecule has 5 heteroatoms. The summed E-state index contributed by atoms with van der Waals surface area (Å²) >= 11 is 0. The van der Waals surface area contributed by atoms with Crippen LogP contribution in [0, 0.1) is 0 Å². The van der Waals surface area contributed by atoms with Crippen molar-refractivity contribution in [3.05, 3.63) is 53.6 Å². The average molecular weight is 455 g/mol. The molecule has 3 N–H and O–H groups in total. The van der Waals surface area contributed by atoms with Gasteiger partial charge < -0.3 is 25.1 Å². The van der Waals surface area contributed by atoms with Crippen LogP contribution in [0.3, 0.4) is 0 Å². The lowest BCUT2D eigenvalue weighted by atomic mass is 10.0. The maximum atomic E-state index is 9.73. The molecule has 1 aliphatic rings. The molecule has 2 aromatic carbocycles. The number of nitrogens with zero attached hydrogens (tertiary/aromatic N) is 2. The van der Waals surface area contributed by atoms with Gasteiger partial charge in [0.2, 0.25) is 0 Å². The number of rotatable bonds is 14. The molecule has 1 atom stereocenters. The van der Waals surface area contributed by atoms with E-state index in [1.165, 1.54) is 57.2 Å². The molecule has 1 fully saturated rings.